The highest BCUT2D eigenvalue weighted by atomic mass is 35.5. The van der Waals surface area contributed by atoms with E-state index in [2.05, 4.69) is 25.2 Å². The first-order valence-electron chi connectivity index (χ1n) is 4.72. The van der Waals surface area contributed by atoms with Gasteiger partial charge in [0.1, 0.15) is 0 Å². The van der Waals surface area contributed by atoms with Crippen LogP contribution in [-0.4, -0.2) is 6.54 Å². The van der Waals surface area contributed by atoms with Crippen molar-refractivity contribution >= 4 is 17.3 Å². The summed E-state index contributed by atoms with van der Waals surface area (Å²) in [4.78, 5) is 0. The summed E-state index contributed by atoms with van der Waals surface area (Å²) in [5.74, 6) is 1.29. The van der Waals surface area contributed by atoms with Crippen molar-refractivity contribution in [2.24, 2.45) is 5.92 Å². The summed E-state index contributed by atoms with van der Waals surface area (Å²) in [5.41, 5.74) is 2.52. The highest BCUT2D eigenvalue weighted by molar-refractivity contribution is 6.33. The van der Waals surface area contributed by atoms with Gasteiger partial charge in [-0.2, -0.15) is 0 Å². The van der Waals surface area contributed by atoms with E-state index >= 15 is 0 Å². The molecule has 1 aliphatic heterocycles. The zero-order valence-corrected chi connectivity index (χ0v) is 8.73. The summed E-state index contributed by atoms with van der Waals surface area (Å²) in [6.45, 7) is 5.53. The fraction of sp³-hybridized carbons (Fsp3) is 0.455. The highest BCUT2D eigenvalue weighted by Gasteiger charge is 2.25. The molecule has 0 amide bonds. The SMILES string of the molecule is CC(C)[C@H]1CNc2c(Cl)cccc21. The number of benzene rings is 1. The van der Waals surface area contributed by atoms with Gasteiger partial charge in [-0.1, -0.05) is 37.6 Å². The van der Waals surface area contributed by atoms with Crippen LogP contribution in [0.2, 0.25) is 5.02 Å². The third kappa shape index (κ3) is 1.42. The van der Waals surface area contributed by atoms with Crippen LogP contribution < -0.4 is 5.32 Å². The Hall–Kier alpha value is -0.690. The van der Waals surface area contributed by atoms with Gasteiger partial charge in [0.2, 0.25) is 0 Å². The summed E-state index contributed by atoms with van der Waals surface area (Å²) >= 11 is 6.08. The Morgan fingerprint density at radius 3 is 2.92 bits per heavy atom. The van der Waals surface area contributed by atoms with E-state index in [9.17, 15) is 0 Å². The number of fused-ring (bicyclic) bond motifs is 1. The fourth-order valence-electron chi connectivity index (χ4n) is 1.95. The number of hydrogen-bond donors (Lipinski definition) is 1. The third-order valence-electron chi connectivity index (χ3n) is 2.75. The molecule has 1 aliphatic rings. The monoisotopic (exact) mass is 195 g/mol. The van der Waals surface area contributed by atoms with Crippen LogP contribution in [0.25, 0.3) is 0 Å². The molecule has 1 atom stereocenters. The highest BCUT2D eigenvalue weighted by Crippen LogP contribution is 2.39. The molecule has 2 rings (SSSR count). The zero-order chi connectivity index (χ0) is 9.42. The molecule has 0 aromatic heterocycles. The number of nitrogens with one attached hydrogen (secondary N) is 1. The summed E-state index contributed by atoms with van der Waals surface area (Å²) in [5, 5.41) is 4.22. The van der Waals surface area contributed by atoms with Crippen LogP contribution in [0.1, 0.15) is 25.3 Å². The van der Waals surface area contributed by atoms with Crippen LogP contribution in [0.5, 0.6) is 0 Å². The molecule has 0 saturated carbocycles. The summed E-state index contributed by atoms with van der Waals surface area (Å²) in [6.07, 6.45) is 0. The fourth-order valence-corrected chi connectivity index (χ4v) is 2.20. The van der Waals surface area contributed by atoms with Crippen molar-refractivity contribution in [2.45, 2.75) is 19.8 Å². The average Bonchev–Trinajstić information content (AvgIpc) is 2.48. The average molecular weight is 196 g/mol. The summed E-state index contributed by atoms with van der Waals surface area (Å²) < 4.78 is 0. The van der Waals surface area contributed by atoms with Crippen molar-refractivity contribution in [1.29, 1.82) is 0 Å². The molecule has 0 unspecified atom stereocenters. The Bertz CT molecular complexity index is 320. The Morgan fingerprint density at radius 2 is 2.23 bits per heavy atom. The van der Waals surface area contributed by atoms with Gasteiger partial charge in [-0.15, -0.1) is 0 Å². The van der Waals surface area contributed by atoms with Gasteiger partial charge in [0.05, 0.1) is 10.7 Å². The number of hydrogen-bond acceptors (Lipinski definition) is 1. The minimum Gasteiger partial charge on any atom is -0.383 e. The van der Waals surface area contributed by atoms with Crippen LogP contribution in [0.3, 0.4) is 0 Å². The lowest BCUT2D eigenvalue weighted by atomic mass is 9.90. The Balaban J connectivity index is 2.43. The number of rotatable bonds is 1. The van der Waals surface area contributed by atoms with E-state index < -0.39 is 0 Å². The van der Waals surface area contributed by atoms with Crippen molar-refractivity contribution in [3.63, 3.8) is 0 Å². The minimum atomic E-state index is 0.619. The van der Waals surface area contributed by atoms with Crippen molar-refractivity contribution < 1.29 is 0 Å². The Morgan fingerprint density at radius 1 is 1.46 bits per heavy atom. The molecule has 0 bridgehead atoms. The molecule has 0 radical (unpaired) electrons. The largest absolute Gasteiger partial charge is 0.383 e. The first-order chi connectivity index (χ1) is 6.20. The molecule has 70 valence electrons. The Kier molecular flexibility index (Phi) is 2.20. The predicted octanol–water partition coefficient (Wildman–Crippen LogP) is 3.51. The lowest BCUT2D eigenvalue weighted by molar-refractivity contribution is 0.533. The van der Waals surface area contributed by atoms with E-state index in [1.807, 2.05) is 12.1 Å². The molecule has 0 fully saturated rings. The van der Waals surface area contributed by atoms with Crippen molar-refractivity contribution in [3.05, 3.63) is 28.8 Å². The smallest absolute Gasteiger partial charge is 0.0640 e. The van der Waals surface area contributed by atoms with Crippen molar-refractivity contribution in [2.75, 3.05) is 11.9 Å². The quantitative estimate of drug-likeness (QED) is 0.723. The molecule has 1 heterocycles. The van der Waals surface area contributed by atoms with Crippen LogP contribution >= 0.6 is 11.6 Å². The van der Waals surface area contributed by atoms with Crippen LogP contribution in [0.15, 0.2) is 18.2 Å². The molecule has 13 heavy (non-hydrogen) atoms. The van der Waals surface area contributed by atoms with Gasteiger partial charge in [0.25, 0.3) is 0 Å². The molecule has 1 N–H and O–H groups in total. The van der Waals surface area contributed by atoms with Gasteiger partial charge in [0.15, 0.2) is 0 Å². The summed E-state index contributed by atoms with van der Waals surface area (Å²) in [7, 11) is 0. The molecule has 1 nitrogen and oxygen atoms in total. The van der Waals surface area contributed by atoms with Gasteiger partial charge < -0.3 is 5.32 Å². The lowest BCUT2D eigenvalue weighted by Crippen LogP contribution is -2.08. The standard InChI is InChI=1S/C11H14ClN/c1-7(2)9-6-13-11-8(9)4-3-5-10(11)12/h3-5,7,9,13H,6H2,1-2H3/t9-/m1/s1. The Labute approximate surface area is 84.1 Å². The van der Waals surface area contributed by atoms with Gasteiger partial charge in [-0.25, -0.2) is 0 Å². The normalized spacial score (nSPS) is 20.2. The lowest BCUT2D eigenvalue weighted by Gasteiger charge is -2.13. The van der Waals surface area contributed by atoms with E-state index in [0.717, 1.165) is 17.3 Å². The first kappa shape index (κ1) is 8.89. The zero-order valence-electron chi connectivity index (χ0n) is 7.97. The van der Waals surface area contributed by atoms with E-state index in [0.29, 0.717) is 11.8 Å². The van der Waals surface area contributed by atoms with Gasteiger partial charge in [-0.05, 0) is 17.5 Å². The maximum absolute atomic E-state index is 6.08. The molecular formula is C11H14ClN. The third-order valence-corrected chi connectivity index (χ3v) is 3.06. The van der Waals surface area contributed by atoms with Crippen LogP contribution in [0.4, 0.5) is 5.69 Å². The van der Waals surface area contributed by atoms with E-state index in [1.165, 1.54) is 5.56 Å². The number of para-hydroxylation sites is 1. The first-order valence-corrected chi connectivity index (χ1v) is 5.10. The van der Waals surface area contributed by atoms with E-state index in [1.54, 1.807) is 0 Å². The second-order valence-corrected chi connectivity index (χ2v) is 4.34. The molecule has 0 spiro atoms. The van der Waals surface area contributed by atoms with Gasteiger partial charge in [-0.3, -0.25) is 0 Å². The predicted molar refractivity (Wildman–Crippen MR) is 57.5 cm³/mol. The molecular weight excluding hydrogens is 182 g/mol. The maximum Gasteiger partial charge on any atom is 0.0640 e. The van der Waals surface area contributed by atoms with Crippen molar-refractivity contribution in [3.8, 4) is 0 Å². The minimum absolute atomic E-state index is 0.619. The van der Waals surface area contributed by atoms with E-state index in [-0.39, 0.29) is 0 Å². The second-order valence-electron chi connectivity index (χ2n) is 3.94. The van der Waals surface area contributed by atoms with E-state index in [4.69, 9.17) is 11.6 Å². The maximum atomic E-state index is 6.08. The van der Waals surface area contributed by atoms with Gasteiger partial charge >= 0.3 is 0 Å². The molecule has 0 saturated heterocycles. The number of anilines is 1. The van der Waals surface area contributed by atoms with Gasteiger partial charge in [0, 0.05) is 12.5 Å². The molecule has 1 aromatic carbocycles. The number of halogens is 1. The molecule has 2 heteroatoms. The van der Waals surface area contributed by atoms with Crippen molar-refractivity contribution in [1.82, 2.24) is 0 Å². The summed E-state index contributed by atoms with van der Waals surface area (Å²) in [6, 6.07) is 6.14. The topological polar surface area (TPSA) is 12.0 Å². The molecule has 1 aromatic rings. The van der Waals surface area contributed by atoms with Crippen LogP contribution in [0, 0.1) is 5.92 Å². The second kappa shape index (κ2) is 3.22. The van der Waals surface area contributed by atoms with Crippen LogP contribution in [-0.2, 0) is 0 Å². The molecule has 0 aliphatic carbocycles.